The molecule has 4 rings (SSSR count). The molecule has 0 bridgehead atoms. The second-order valence-corrected chi connectivity index (χ2v) is 8.70. The number of carbonyl (C=O) groups is 2. The summed E-state index contributed by atoms with van der Waals surface area (Å²) in [6, 6.07) is 8.21. The average molecular weight is 483 g/mol. The fraction of sp³-hybridized carbons (Fsp3) is 0.522. The number of carboxylic acids is 1. The smallest absolute Gasteiger partial charge is 0.487 e. The van der Waals surface area contributed by atoms with Crippen molar-refractivity contribution in [1.29, 1.82) is 0 Å². The van der Waals surface area contributed by atoms with Gasteiger partial charge in [0.25, 0.3) is 0 Å². The van der Waals surface area contributed by atoms with Crippen molar-refractivity contribution in [1.82, 2.24) is 20.0 Å². The highest BCUT2D eigenvalue weighted by Gasteiger charge is 2.43. The summed E-state index contributed by atoms with van der Waals surface area (Å²) in [4.78, 5) is 23.4. The Morgan fingerprint density at radius 2 is 1.91 bits per heavy atom. The predicted molar refractivity (Wildman–Crippen MR) is 117 cm³/mol. The Bertz CT molecular complexity index is 1000. The standard InChI is InChI=1S/C21H28N4O2.C2HF3O2/c1-22-20(26)11-17-12-21(27-19-6-4-3-5-18(17)19)7-9-25(10-8-21)15-16-13-23-24(2)14-16;3-2(4,5)1(6)7/h3-6,13-14,17H,7-12,15H2,1-2H3,(H,22,26);(H,6,7). The molecule has 1 atom stereocenters. The van der Waals surface area contributed by atoms with Crippen molar-refractivity contribution in [2.75, 3.05) is 20.1 Å². The summed E-state index contributed by atoms with van der Waals surface area (Å²) in [5.41, 5.74) is 2.27. The minimum atomic E-state index is -5.08. The molecule has 1 amide bonds. The number of rotatable bonds is 4. The van der Waals surface area contributed by atoms with Gasteiger partial charge >= 0.3 is 12.1 Å². The number of carboxylic acid groups (broad SMARTS) is 1. The monoisotopic (exact) mass is 482 g/mol. The Balaban J connectivity index is 0.000000406. The first-order valence-electron chi connectivity index (χ1n) is 11.0. The van der Waals surface area contributed by atoms with E-state index in [2.05, 4.69) is 33.6 Å². The lowest BCUT2D eigenvalue weighted by Gasteiger charge is -2.47. The predicted octanol–water partition coefficient (Wildman–Crippen LogP) is 3.09. The minimum absolute atomic E-state index is 0.0980. The topological polar surface area (TPSA) is 96.7 Å². The largest absolute Gasteiger partial charge is 0.490 e. The first-order chi connectivity index (χ1) is 16.0. The van der Waals surface area contributed by atoms with Crippen LogP contribution in [0, 0.1) is 0 Å². The number of amides is 1. The number of nitrogens with zero attached hydrogens (tertiary/aromatic N) is 3. The molecule has 1 spiro atoms. The van der Waals surface area contributed by atoms with Crippen molar-refractivity contribution in [2.24, 2.45) is 7.05 Å². The third-order valence-electron chi connectivity index (χ3n) is 6.19. The van der Waals surface area contributed by atoms with Crippen molar-refractivity contribution in [3.05, 3.63) is 47.8 Å². The van der Waals surface area contributed by atoms with E-state index in [-0.39, 0.29) is 17.4 Å². The molecular formula is C23H29F3N4O4. The zero-order valence-electron chi connectivity index (χ0n) is 19.1. The van der Waals surface area contributed by atoms with E-state index in [0.29, 0.717) is 6.42 Å². The number of likely N-dealkylation sites (tertiary alicyclic amines) is 1. The van der Waals surface area contributed by atoms with Crippen molar-refractivity contribution in [3.8, 4) is 5.75 Å². The third kappa shape index (κ3) is 6.49. The number of piperidine rings is 1. The lowest BCUT2D eigenvalue weighted by atomic mass is 9.76. The first-order valence-corrected chi connectivity index (χ1v) is 11.0. The van der Waals surface area contributed by atoms with Crippen LogP contribution in [0.4, 0.5) is 13.2 Å². The molecular weight excluding hydrogens is 453 g/mol. The summed E-state index contributed by atoms with van der Waals surface area (Å²) in [5, 5.41) is 14.2. The van der Waals surface area contributed by atoms with Gasteiger partial charge in [-0.15, -0.1) is 0 Å². The van der Waals surface area contributed by atoms with Gasteiger partial charge in [-0.3, -0.25) is 14.4 Å². The molecule has 1 saturated heterocycles. The van der Waals surface area contributed by atoms with E-state index in [9.17, 15) is 18.0 Å². The van der Waals surface area contributed by atoms with Gasteiger partial charge < -0.3 is 15.2 Å². The summed E-state index contributed by atoms with van der Waals surface area (Å²) >= 11 is 0. The molecule has 3 heterocycles. The lowest BCUT2D eigenvalue weighted by Crippen LogP contribution is -2.50. The lowest BCUT2D eigenvalue weighted by molar-refractivity contribution is -0.192. The maximum atomic E-state index is 12.1. The number of ether oxygens (including phenoxy) is 1. The summed E-state index contributed by atoms with van der Waals surface area (Å²) in [6.45, 7) is 2.94. The molecule has 0 aliphatic carbocycles. The van der Waals surface area contributed by atoms with Gasteiger partial charge in [0.15, 0.2) is 0 Å². The molecule has 0 radical (unpaired) electrons. The molecule has 1 aromatic carbocycles. The molecule has 1 fully saturated rings. The number of aromatic nitrogens is 2. The fourth-order valence-corrected chi connectivity index (χ4v) is 4.49. The van der Waals surface area contributed by atoms with Gasteiger partial charge in [0.05, 0.1) is 6.20 Å². The maximum Gasteiger partial charge on any atom is 0.490 e. The highest BCUT2D eigenvalue weighted by atomic mass is 19.4. The SMILES string of the molecule is CNC(=O)CC1CC2(CCN(Cc3cnn(C)c3)CC2)Oc2ccccc21.O=C(O)C(F)(F)F. The number of benzene rings is 1. The molecule has 2 aliphatic heterocycles. The average Bonchev–Trinajstić information content (AvgIpc) is 3.19. The number of carbonyl (C=O) groups excluding carboxylic acids is 1. The quantitative estimate of drug-likeness (QED) is 0.695. The highest BCUT2D eigenvalue weighted by molar-refractivity contribution is 5.76. The molecule has 11 heteroatoms. The number of nitrogens with one attached hydrogen (secondary N) is 1. The molecule has 8 nitrogen and oxygen atoms in total. The Kier molecular flexibility index (Phi) is 7.86. The summed E-state index contributed by atoms with van der Waals surface area (Å²) in [7, 11) is 3.66. The van der Waals surface area contributed by atoms with Crippen molar-refractivity contribution in [2.45, 2.75) is 49.9 Å². The van der Waals surface area contributed by atoms with Gasteiger partial charge in [-0.1, -0.05) is 18.2 Å². The van der Waals surface area contributed by atoms with Crippen LogP contribution in [0.3, 0.4) is 0 Å². The van der Waals surface area contributed by atoms with Crippen LogP contribution in [0.25, 0.3) is 0 Å². The summed E-state index contributed by atoms with van der Waals surface area (Å²) in [6.07, 6.45) is 2.36. The number of aryl methyl sites for hydroxylation is 1. The molecule has 0 saturated carbocycles. The molecule has 2 aliphatic rings. The van der Waals surface area contributed by atoms with E-state index in [1.807, 2.05) is 30.1 Å². The van der Waals surface area contributed by atoms with Crippen molar-refractivity contribution < 1.29 is 32.6 Å². The molecule has 2 aromatic rings. The highest BCUT2D eigenvalue weighted by Crippen LogP contribution is 2.46. The van der Waals surface area contributed by atoms with E-state index in [1.54, 1.807) is 7.05 Å². The van der Waals surface area contributed by atoms with Crippen LogP contribution < -0.4 is 10.1 Å². The second-order valence-electron chi connectivity index (χ2n) is 8.70. The zero-order valence-corrected chi connectivity index (χ0v) is 19.1. The van der Waals surface area contributed by atoms with Crippen LogP contribution in [0.5, 0.6) is 5.75 Å². The number of fused-ring (bicyclic) bond motifs is 1. The van der Waals surface area contributed by atoms with Crippen molar-refractivity contribution >= 4 is 11.9 Å². The first kappa shape index (κ1) is 25.5. The Labute approximate surface area is 195 Å². The summed E-state index contributed by atoms with van der Waals surface area (Å²) < 4.78 is 40.1. The van der Waals surface area contributed by atoms with Gasteiger partial charge in [0.2, 0.25) is 5.91 Å². The number of hydrogen-bond acceptors (Lipinski definition) is 5. The van der Waals surface area contributed by atoms with Gasteiger partial charge in [0.1, 0.15) is 11.4 Å². The maximum absolute atomic E-state index is 12.1. The third-order valence-corrected chi connectivity index (χ3v) is 6.19. The van der Waals surface area contributed by atoms with Crippen molar-refractivity contribution in [3.63, 3.8) is 0 Å². The van der Waals surface area contributed by atoms with Crippen LogP contribution in [0.15, 0.2) is 36.7 Å². The number of aliphatic carboxylic acids is 1. The molecule has 34 heavy (non-hydrogen) atoms. The van der Waals surface area contributed by atoms with Gasteiger partial charge in [-0.05, 0) is 30.9 Å². The second kappa shape index (κ2) is 10.5. The van der Waals surface area contributed by atoms with E-state index in [4.69, 9.17) is 14.6 Å². The molecule has 186 valence electrons. The van der Waals surface area contributed by atoms with Crippen LogP contribution >= 0.6 is 0 Å². The molecule has 2 N–H and O–H groups in total. The Morgan fingerprint density at radius 1 is 1.26 bits per heavy atom. The molecule has 1 aromatic heterocycles. The number of alkyl halides is 3. The Morgan fingerprint density at radius 3 is 2.47 bits per heavy atom. The van der Waals surface area contributed by atoms with E-state index in [0.717, 1.165) is 44.6 Å². The van der Waals surface area contributed by atoms with E-state index >= 15 is 0 Å². The van der Waals surface area contributed by atoms with Gasteiger partial charge in [0, 0.05) is 57.8 Å². The number of hydrogen-bond donors (Lipinski definition) is 2. The van der Waals surface area contributed by atoms with Gasteiger partial charge in [-0.2, -0.15) is 18.3 Å². The van der Waals surface area contributed by atoms with Crippen LogP contribution in [0.2, 0.25) is 0 Å². The van der Waals surface area contributed by atoms with Crippen LogP contribution in [-0.2, 0) is 23.2 Å². The fourth-order valence-electron chi connectivity index (χ4n) is 4.49. The molecule has 1 unspecified atom stereocenters. The Hall–Kier alpha value is -3.08. The number of halogens is 3. The van der Waals surface area contributed by atoms with Crippen LogP contribution in [0.1, 0.15) is 42.7 Å². The van der Waals surface area contributed by atoms with E-state index in [1.165, 1.54) is 11.1 Å². The summed E-state index contributed by atoms with van der Waals surface area (Å²) in [5.74, 6) is -1.48. The zero-order chi connectivity index (χ0) is 24.9. The van der Waals surface area contributed by atoms with E-state index < -0.39 is 12.1 Å². The number of para-hydroxylation sites is 1. The van der Waals surface area contributed by atoms with Gasteiger partial charge in [-0.25, -0.2) is 4.79 Å². The minimum Gasteiger partial charge on any atom is -0.487 e. The normalized spacial score (nSPS) is 19.4. The van der Waals surface area contributed by atoms with Crippen LogP contribution in [-0.4, -0.2) is 63.6 Å².